The first kappa shape index (κ1) is 11.4. The van der Waals surface area contributed by atoms with Crippen LogP contribution in [0.4, 0.5) is 4.39 Å². The Labute approximate surface area is 87.7 Å². The van der Waals surface area contributed by atoms with Crippen LogP contribution in [0.25, 0.3) is 0 Å². The van der Waals surface area contributed by atoms with E-state index in [-0.39, 0.29) is 10.4 Å². The second-order valence-electron chi connectivity index (χ2n) is 4.29. The number of halogens is 2. The van der Waals surface area contributed by atoms with Gasteiger partial charge in [-0.25, -0.2) is 4.39 Å². The van der Waals surface area contributed by atoms with Crippen molar-refractivity contribution in [3.63, 3.8) is 0 Å². The Morgan fingerprint density at radius 2 is 2.00 bits per heavy atom. The topological polar surface area (TPSA) is 33.1 Å². The van der Waals surface area contributed by atoms with E-state index >= 15 is 0 Å². The summed E-state index contributed by atoms with van der Waals surface area (Å²) >= 11 is 5.72. The maximum absolute atomic E-state index is 13.0. The summed E-state index contributed by atoms with van der Waals surface area (Å²) in [5, 5.41) is 9.82. The maximum Gasteiger partial charge on any atom is 0.160 e. The minimum atomic E-state index is -0.821. The van der Waals surface area contributed by atoms with Gasteiger partial charge in [0.05, 0.1) is 17.3 Å². The zero-order valence-corrected chi connectivity index (χ0v) is 9.14. The lowest BCUT2D eigenvalue weighted by Crippen LogP contribution is -2.18. The van der Waals surface area contributed by atoms with E-state index in [1.54, 1.807) is 0 Å². The summed E-state index contributed by atoms with van der Waals surface area (Å²) in [6.45, 7) is 5.54. The van der Waals surface area contributed by atoms with Crippen LogP contribution < -0.4 is 0 Å². The van der Waals surface area contributed by atoms with Gasteiger partial charge in [0, 0.05) is 11.8 Å². The van der Waals surface area contributed by atoms with Crippen LogP contribution in [0.3, 0.4) is 0 Å². The number of aliphatic hydroxyl groups excluding tert-OH is 1. The first-order valence-corrected chi connectivity index (χ1v) is 4.69. The Hall–Kier alpha value is -0.670. The highest BCUT2D eigenvalue weighted by atomic mass is 35.5. The maximum atomic E-state index is 13.0. The standard InChI is InChI=1S/C10H13ClFNO/c1-10(2,3)9(14)6-4-13-5-7(12)8(6)11/h4-5,9,14H,1-3H3. The van der Waals surface area contributed by atoms with Gasteiger partial charge in [0.15, 0.2) is 5.82 Å². The van der Waals surface area contributed by atoms with Crippen molar-refractivity contribution in [2.45, 2.75) is 26.9 Å². The molecule has 1 aromatic rings. The Bertz CT molecular complexity index is 335. The molecule has 0 fully saturated rings. The van der Waals surface area contributed by atoms with Gasteiger partial charge >= 0.3 is 0 Å². The molecule has 0 saturated heterocycles. The van der Waals surface area contributed by atoms with Crippen LogP contribution in [0.5, 0.6) is 0 Å². The number of aliphatic hydroxyl groups is 1. The van der Waals surface area contributed by atoms with Gasteiger partial charge in [0.2, 0.25) is 0 Å². The van der Waals surface area contributed by atoms with Gasteiger partial charge in [0.1, 0.15) is 0 Å². The molecule has 78 valence electrons. The summed E-state index contributed by atoms with van der Waals surface area (Å²) < 4.78 is 13.0. The molecule has 0 spiro atoms. The minimum Gasteiger partial charge on any atom is -0.388 e. The van der Waals surface area contributed by atoms with Crippen molar-refractivity contribution in [3.05, 3.63) is 28.8 Å². The van der Waals surface area contributed by atoms with Gasteiger partial charge in [-0.3, -0.25) is 4.98 Å². The summed E-state index contributed by atoms with van der Waals surface area (Å²) in [6.07, 6.45) is 1.60. The van der Waals surface area contributed by atoms with Gasteiger partial charge in [-0.15, -0.1) is 0 Å². The summed E-state index contributed by atoms with van der Waals surface area (Å²) in [4.78, 5) is 3.66. The second-order valence-corrected chi connectivity index (χ2v) is 4.67. The van der Waals surface area contributed by atoms with Crippen molar-refractivity contribution < 1.29 is 9.50 Å². The average molecular weight is 218 g/mol. The smallest absolute Gasteiger partial charge is 0.160 e. The van der Waals surface area contributed by atoms with Crippen molar-refractivity contribution in [2.75, 3.05) is 0 Å². The van der Waals surface area contributed by atoms with E-state index in [2.05, 4.69) is 4.98 Å². The fourth-order valence-electron chi connectivity index (χ4n) is 1.09. The molecule has 0 radical (unpaired) electrons. The van der Waals surface area contributed by atoms with E-state index in [0.717, 1.165) is 6.20 Å². The molecule has 2 nitrogen and oxygen atoms in total. The molecule has 0 amide bonds. The number of aromatic nitrogens is 1. The molecular weight excluding hydrogens is 205 g/mol. The van der Waals surface area contributed by atoms with Crippen LogP contribution in [0.2, 0.25) is 5.02 Å². The molecule has 0 bridgehead atoms. The van der Waals surface area contributed by atoms with Crippen molar-refractivity contribution in [1.29, 1.82) is 0 Å². The van der Waals surface area contributed by atoms with Crippen LogP contribution in [0.1, 0.15) is 32.4 Å². The molecule has 1 atom stereocenters. The third-order valence-corrected chi connectivity index (χ3v) is 2.38. The molecule has 0 aliphatic heterocycles. The van der Waals surface area contributed by atoms with E-state index < -0.39 is 11.9 Å². The molecule has 1 unspecified atom stereocenters. The van der Waals surface area contributed by atoms with Gasteiger partial charge < -0.3 is 5.11 Å². The lowest BCUT2D eigenvalue weighted by atomic mass is 9.85. The highest BCUT2D eigenvalue weighted by Gasteiger charge is 2.26. The van der Waals surface area contributed by atoms with Crippen LogP contribution >= 0.6 is 11.6 Å². The fraction of sp³-hybridized carbons (Fsp3) is 0.500. The van der Waals surface area contributed by atoms with Crippen LogP contribution in [-0.2, 0) is 0 Å². The van der Waals surface area contributed by atoms with Crippen LogP contribution in [-0.4, -0.2) is 10.1 Å². The number of rotatable bonds is 1. The van der Waals surface area contributed by atoms with Gasteiger partial charge in [0.25, 0.3) is 0 Å². The lowest BCUT2D eigenvalue weighted by Gasteiger charge is -2.26. The van der Waals surface area contributed by atoms with Crippen molar-refractivity contribution in [3.8, 4) is 0 Å². The number of pyridine rings is 1. The molecule has 1 rings (SSSR count). The largest absolute Gasteiger partial charge is 0.388 e. The Balaban J connectivity index is 3.14. The first-order chi connectivity index (χ1) is 6.34. The molecule has 0 aliphatic rings. The summed E-state index contributed by atoms with van der Waals surface area (Å²) in [6, 6.07) is 0. The Morgan fingerprint density at radius 3 is 2.50 bits per heavy atom. The van der Waals surface area contributed by atoms with Crippen LogP contribution in [0.15, 0.2) is 12.4 Å². The summed E-state index contributed by atoms with van der Waals surface area (Å²) in [7, 11) is 0. The second kappa shape index (κ2) is 3.83. The van der Waals surface area contributed by atoms with E-state index in [1.165, 1.54) is 6.20 Å². The van der Waals surface area contributed by atoms with E-state index in [0.29, 0.717) is 5.56 Å². The lowest BCUT2D eigenvalue weighted by molar-refractivity contribution is 0.0622. The predicted octanol–water partition coefficient (Wildman–Crippen LogP) is 2.95. The molecule has 0 saturated carbocycles. The Kier molecular flexibility index (Phi) is 3.12. The van der Waals surface area contributed by atoms with E-state index in [1.807, 2.05) is 20.8 Å². The van der Waals surface area contributed by atoms with Crippen LogP contribution in [0, 0.1) is 11.2 Å². The predicted molar refractivity (Wildman–Crippen MR) is 53.6 cm³/mol. The van der Waals surface area contributed by atoms with Gasteiger partial charge in [-0.2, -0.15) is 0 Å². The van der Waals surface area contributed by atoms with Gasteiger partial charge in [-0.1, -0.05) is 32.4 Å². The third-order valence-electron chi connectivity index (χ3n) is 1.98. The molecule has 4 heteroatoms. The number of hydrogen-bond acceptors (Lipinski definition) is 2. The first-order valence-electron chi connectivity index (χ1n) is 4.31. The number of nitrogens with zero attached hydrogens (tertiary/aromatic N) is 1. The SMILES string of the molecule is CC(C)(C)C(O)c1cncc(F)c1Cl. The average Bonchev–Trinajstić information content (AvgIpc) is 2.07. The van der Waals surface area contributed by atoms with E-state index in [4.69, 9.17) is 11.6 Å². The third kappa shape index (κ3) is 2.22. The Morgan fingerprint density at radius 1 is 1.43 bits per heavy atom. The molecule has 1 heterocycles. The molecular formula is C10H13ClFNO. The van der Waals surface area contributed by atoms with Crippen molar-refractivity contribution >= 4 is 11.6 Å². The highest BCUT2D eigenvalue weighted by Crippen LogP contribution is 2.36. The summed E-state index contributed by atoms with van der Waals surface area (Å²) in [5.41, 5.74) is -0.0572. The molecule has 1 N–H and O–H groups in total. The van der Waals surface area contributed by atoms with Crippen molar-refractivity contribution in [2.24, 2.45) is 5.41 Å². The van der Waals surface area contributed by atoms with E-state index in [9.17, 15) is 9.50 Å². The molecule has 14 heavy (non-hydrogen) atoms. The van der Waals surface area contributed by atoms with Crippen molar-refractivity contribution in [1.82, 2.24) is 4.98 Å². The number of hydrogen-bond donors (Lipinski definition) is 1. The molecule has 0 aliphatic carbocycles. The highest BCUT2D eigenvalue weighted by molar-refractivity contribution is 6.31. The molecule has 1 aromatic heterocycles. The quantitative estimate of drug-likeness (QED) is 0.785. The zero-order valence-electron chi connectivity index (χ0n) is 8.38. The normalized spacial score (nSPS) is 14.1. The minimum absolute atomic E-state index is 0.0533. The summed E-state index contributed by atoms with van der Waals surface area (Å²) in [5.74, 6) is -0.604. The molecule has 0 aromatic carbocycles. The fourth-order valence-corrected chi connectivity index (χ4v) is 1.29. The monoisotopic (exact) mass is 217 g/mol. The zero-order chi connectivity index (χ0) is 10.9. The van der Waals surface area contributed by atoms with Gasteiger partial charge in [-0.05, 0) is 5.41 Å².